The number of hydrazone groups is 1. The highest BCUT2D eigenvalue weighted by Gasteiger charge is 2.28. The van der Waals surface area contributed by atoms with Crippen molar-refractivity contribution < 1.29 is 4.74 Å². The van der Waals surface area contributed by atoms with E-state index in [4.69, 9.17) is 4.74 Å². The summed E-state index contributed by atoms with van der Waals surface area (Å²) in [5, 5.41) is 6.00. The first-order chi connectivity index (χ1) is 14.9. The average Bonchev–Trinajstić information content (AvgIpc) is 3.20. The molecule has 31 heavy (non-hydrogen) atoms. The minimum Gasteiger partial charge on any atom is -0.487 e. The number of nitrogens with one attached hydrogen (secondary N) is 2. The Kier molecular flexibility index (Phi) is 5.91. The lowest BCUT2D eigenvalue weighted by Gasteiger charge is -2.32. The minimum absolute atomic E-state index is 0.0583. The van der Waals surface area contributed by atoms with Gasteiger partial charge in [0.2, 0.25) is 0 Å². The van der Waals surface area contributed by atoms with E-state index in [1.807, 2.05) is 37.4 Å². The lowest BCUT2D eigenvalue weighted by atomic mass is 9.72. The van der Waals surface area contributed by atoms with E-state index in [-0.39, 0.29) is 11.3 Å². The van der Waals surface area contributed by atoms with E-state index in [2.05, 4.69) is 78.2 Å². The molecule has 6 nitrogen and oxygen atoms in total. The van der Waals surface area contributed by atoms with E-state index >= 15 is 0 Å². The van der Waals surface area contributed by atoms with E-state index in [1.54, 1.807) is 11.3 Å². The van der Waals surface area contributed by atoms with Crippen LogP contribution in [0.2, 0.25) is 0 Å². The van der Waals surface area contributed by atoms with Crippen LogP contribution in [0.3, 0.4) is 0 Å². The standard InChI is InChI=1S/C25H29N5O/c1-25(2,3)23(18-8-10-20(11-9-18)24-27-29-30(4)28-24)19-12-14-22(15-13-19)31-17-21-7-5-6-16-26-21/h5-16,23,29H,17H2,1-4H3,(H,27,28). The van der Waals surface area contributed by atoms with E-state index in [1.165, 1.54) is 11.1 Å². The number of hydrogen-bond donors (Lipinski definition) is 2. The molecular weight excluding hydrogens is 386 g/mol. The Balaban J connectivity index is 1.51. The summed E-state index contributed by atoms with van der Waals surface area (Å²) in [7, 11) is 1.88. The summed E-state index contributed by atoms with van der Waals surface area (Å²) in [5.74, 6) is 1.92. The summed E-state index contributed by atoms with van der Waals surface area (Å²) in [5.41, 5.74) is 10.6. The number of rotatable bonds is 6. The van der Waals surface area contributed by atoms with Gasteiger partial charge in [0.25, 0.3) is 0 Å². The molecule has 0 amide bonds. The highest BCUT2D eigenvalue weighted by atomic mass is 16.5. The first-order valence-electron chi connectivity index (χ1n) is 10.5. The molecule has 4 rings (SSSR count). The monoisotopic (exact) mass is 415 g/mol. The summed E-state index contributed by atoms with van der Waals surface area (Å²) in [6.45, 7) is 7.29. The predicted octanol–water partition coefficient (Wildman–Crippen LogP) is 4.45. The first kappa shape index (κ1) is 20.9. The van der Waals surface area contributed by atoms with Crippen molar-refractivity contribution in [2.45, 2.75) is 33.3 Å². The molecule has 1 aliphatic heterocycles. The van der Waals surface area contributed by atoms with Gasteiger partial charge in [0.1, 0.15) is 12.4 Å². The van der Waals surface area contributed by atoms with Crippen molar-refractivity contribution in [3.8, 4) is 5.75 Å². The summed E-state index contributed by atoms with van der Waals surface area (Å²) in [4.78, 5) is 4.31. The fourth-order valence-electron chi connectivity index (χ4n) is 3.89. The van der Waals surface area contributed by atoms with Gasteiger partial charge in [-0.05, 0) is 40.8 Å². The predicted molar refractivity (Wildman–Crippen MR) is 123 cm³/mol. The highest BCUT2D eigenvalue weighted by molar-refractivity contribution is 5.98. The summed E-state index contributed by atoms with van der Waals surface area (Å²) >= 11 is 0. The molecule has 6 heteroatoms. The Morgan fingerprint density at radius 3 is 2.16 bits per heavy atom. The fraction of sp³-hybridized carbons (Fsp3) is 0.280. The Labute approximate surface area is 183 Å². The molecule has 0 aliphatic carbocycles. The summed E-state index contributed by atoms with van der Waals surface area (Å²) < 4.78 is 5.91. The molecule has 3 aromatic rings. The fourth-order valence-corrected chi connectivity index (χ4v) is 3.89. The van der Waals surface area contributed by atoms with Crippen molar-refractivity contribution >= 4 is 5.84 Å². The van der Waals surface area contributed by atoms with Crippen molar-refractivity contribution in [1.29, 1.82) is 0 Å². The Hall–Kier alpha value is -3.38. The normalized spacial score (nSPS) is 15.0. The molecule has 1 unspecified atom stereocenters. The maximum absolute atomic E-state index is 5.91. The van der Waals surface area contributed by atoms with Gasteiger partial charge in [-0.15, -0.1) is 10.2 Å². The molecule has 0 fully saturated rings. The maximum Gasteiger partial charge on any atom is 0.170 e. The van der Waals surface area contributed by atoms with Crippen LogP contribution >= 0.6 is 0 Å². The van der Waals surface area contributed by atoms with Crippen LogP contribution in [0.25, 0.3) is 0 Å². The molecule has 2 heterocycles. The number of nitrogens with zero attached hydrogens (tertiary/aromatic N) is 3. The van der Waals surface area contributed by atoms with Crippen molar-refractivity contribution in [2.24, 2.45) is 10.5 Å². The van der Waals surface area contributed by atoms with Crippen LogP contribution in [0.15, 0.2) is 78.0 Å². The zero-order valence-corrected chi connectivity index (χ0v) is 18.5. The molecule has 1 atom stereocenters. The third-order valence-corrected chi connectivity index (χ3v) is 5.30. The van der Waals surface area contributed by atoms with Gasteiger partial charge < -0.3 is 4.74 Å². The van der Waals surface area contributed by atoms with Gasteiger partial charge in [0, 0.05) is 24.7 Å². The van der Waals surface area contributed by atoms with E-state index in [9.17, 15) is 0 Å². The number of hydrazine groups is 2. The first-order valence-corrected chi connectivity index (χ1v) is 10.5. The Morgan fingerprint density at radius 2 is 1.61 bits per heavy atom. The van der Waals surface area contributed by atoms with Gasteiger partial charge in [-0.25, -0.2) is 5.53 Å². The molecular formula is C25H29N5O. The zero-order chi connectivity index (χ0) is 21.8. The lowest BCUT2D eigenvalue weighted by Crippen LogP contribution is -2.37. The quantitative estimate of drug-likeness (QED) is 0.623. The van der Waals surface area contributed by atoms with Crippen molar-refractivity contribution in [2.75, 3.05) is 7.05 Å². The SMILES string of the molecule is CN1NN=C(c2ccc(C(c3ccc(OCc4ccccn4)cc3)C(C)(C)C)cc2)N1. The number of benzene rings is 2. The van der Waals surface area contributed by atoms with Crippen molar-refractivity contribution in [3.05, 3.63) is 95.3 Å². The van der Waals surface area contributed by atoms with Crippen molar-refractivity contribution in [1.82, 2.24) is 21.1 Å². The summed E-state index contributed by atoms with van der Waals surface area (Å²) in [6, 6.07) is 22.9. The summed E-state index contributed by atoms with van der Waals surface area (Å²) in [6.07, 6.45) is 1.78. The van der Waals surface area contributed by atoms with Crippen LogP contribution in [0.4, 0.5) is 0 Å². The molecule has 0 saturated heterocycles. The second-order valence-corrected chi connectivity index (χ2v) is 8.83. The second-order valence-electron chi connectivity index (χ2n) is 8.83. The average molecular weight is 416 g/mol. The number of amidine groups is 1. The molecule has 160 valence electrons. The third-order valence-electron chi connectivity index (χ3n) is 5.30. The highest BCUT2D eigenvalue weighted by Crippen LogP contribution is 2.41. The minimum atomic E-state index is 0.0583. The van der Waals surface area contributed by atoms with E-state index < -0.39 is 0 Å². The zero-order valence-electron chi connectivity index (χ0n) is 18.5. The lowest BCUT2D eigenvalue weighted by molar-refractivity contribution is 0.232. The van der Waals surface area contributed by atoms with E-state index in [0.717, 1.165) is 22.8 Å². The molecule has 1 aliphatic rings. The molecule has 0 bridgehead atoms. The van der Waals surface area contributed by atoms with Crippen LogP contribution < -0.4 is 15.7 Å². The van der Waals surface area contributed by atoms with Crippen LogP contribution in [0.5, 0.6) is 5.75 Å². The number of hydrogen-bond acceptors (Lipinski definition) is 6. The van der Waals surface area contributed by atoms with Crippen LogP contribution in [0.1, 0.15) is 49.1 Å². The van der Waals surface area contributed by atoms with Gasteiger partial charge in [-0.3, -0.25) is 10.4 Å². The van der Waals surface area contributed by atoms with Crippen LogP contribution in [0, 0.1) is 5.41 Å². The second kappa shape index (κ2) is 8.78. The van der Waals surface area contributed by atoms with Crippen LogP contribution in [-0.2, 0) is 6.61 Å². The van der Waals surface area contributed by atoms with Gasteiger partial charge in [-0.2, -0.15) is 0 Å². The van der Waals surface area contributed by atoms with Gasteiger partial charge in [0.15, 0.2) is 5.84 Å². The Bertz CT molecular complexity index is 1020. The molecule has 0 spiro atoms. The van der Waals surface area contributed by atoms with Crippen LogP contribution in [-0.4, -0.2) is 23.0 Å². The molecule has 2 aromatic carbocycles. The maximum atomic E-state index is 5.91. The van der Waals surface area contributed by atoms with Gasteiger partial charge in [0.05, 0.1) is 5.69 Å². The molecule has 0 saturated carbocycles. The number of aromatic nitrogens is 1. The van der Waals surface area contributed by atoms with Gasteiger partial charge in [-0.1, -0.05) is 63.2 Å². The van der Waals surface area contributed by atoms with Crippen molar-refractivity contribution in [3.63, 3.8) is 0 Å². The topological polar surface area (TPSA) is 61.8 Å². The largest absolute Gasteiger partial charge is 0.487 e. The number of ether oxygens (including phenoxy) is 1. The third kappa shape index (κ3) is 5.03. The smallest absolute Gasteiger partial charge is 0.170 e. The molecule has 2 N–H and O–H groups in total. The number of pyridine rings is 1. The van der Waals surface area contributed by atoms with E-state index in [0.29, 0.717) is 6.61 Å². The Morgan fingerprint density at radius 1 is 0.935 bits per heavy atom. The van der Waals surface area contributed by atoms with Gasteiger partial charge >= 0.3 is 0 Å². The molecule has 1 aromatic heterocycles. The molecule has 0 radical (unpaired) electrons.